The predicted octanol–water partition coefficient (Wildman–Crippen LogP) is 3.55. The Bertz CT molecular complexity index is 564. The third kappa shape index (κ3) is 2.68. The van der Waals surface area contributed by atoms with E-state index in [1.165, 1.54) is 12.1 Å². The Balaban J connectivity index is 2.24. The van der Waals surface area contributed by atoms with Crippen molar-refractivity contribution in [2.75, 3.05) is 5.32 Å². The first-order chi connectivity index (χ1) is 8.58. The number of hydrogen-bond acceptors (Lipinski definition) is 2. The molecule has 92 valence electrons. The van der Waals surface area contributed by atoms with Crippen molar-refractivity contribution in [2.24, 2.45) is 0 Å². The van der Waals surface area contributed by atoms with Gasteiger partial charge in [0.2, 0.25) is 0 Å². The molecule has 0 spiro atoms. The molecule has 0 atom stereocenters. The number of para-hydroxylation sites is 1. The van der Waals surface area contributed by atoms with Gasteiger partial charge in [0, 0.05) is 10.0 Å². The van der Waals surface area contributed by atoms with Crippen molar-refractivity contribution in [3.63, 3.8) is 0 Å². The number of hydrogen-bond donors (Lipinski definition) is 2. The highest BCUT2D eigenvalue weighted by molar-refractivity contribution is 9.10. The summed E-state index contributed by atoms with van der Waals surface area (Å²) in [7, 11) is 0. The quantitative estimate of drug-likeness (QED) is 0.834. The van der Waals surface area contributed by atoms with Crippen molar-refractivity contribution in [1.82, 2.24) is 0 Å². The summed E-state index contributed by atoms with van der Waals surface area (Å²) in [6.45, 7) is 0. The van der Waals surface area contributed by atoms with Crippen LogP contribution in [-0.4, -0.2) is 11.0 Å². The first kappa shape index (κ1) is 12.6. The summed E-state index contributed by atoms with van der Waals surface area (Å²) in [4.78, 5) is 11.8. The SMILES string of the molecule is O=C(Nc1c(O)cccc1F)c1ccc(Br)cc1. The number of carbonyl (C=O) groups is 1. The summed E-state index contributed by atoms with van der Waals surface area (Å²) in [5.74, 6) is -1.47. The van der Waals surface area contributed by atoms with E-state index in [2.05, 4.69) is 21.2 Å². The molecule has 0 fully saturated rings. The van der Waals surface area contributed by atoms with Crippen LogP contribution < -0.4 is 5.32 Å². The minimum absolute atomic E-state index is 0.217. The van der Waals surface area contributed by atoms with E-state index < -0.39 is 11.7 Å². The molecule has 0 unspecified atom stereocenters. The maximum Gasteiger partial charge on any atom is 0.255 e. The number of phenolic OH excluding ortho intramolecular Hbond substituents is 1. The highest BCUT2D eigenvalue weighted by atomic mass is 79.9. The molecule has 2 rings (SSSR count). The summed E-state index contributed by atoms with van der Waals surface area (Å²) >= 11 is 3.25. The van der Waals surface area contributed by atoms with Crippen molar-refractivity contribution in [3.05, 3.63) is 58.3 Å². The summed E-state index contributed by atoms with van der Waals surface area (Å²) < 4.78 is 14.2. The van der Waals surface area contributed by atoms with Crippen LogP contribution in [0.15, 0.2) is 46.9 Å². The van der Waals surface area contributed by atoms with Crippen LogP contribution in [0.3, 0.4) is 0 Å². The lowest BCUT2D eigenvalue weighted by Gasteiger charge is -2.08. The molecule has 2 N–H and O–H groups in total. The number of rotatable bonds is 2. The monoisotopic (exact) mass is 309 g/mol. The van der Waals surface area contributed by atoms with E-state index in [1.807, 2.05) is 0 Å². The van der Waals surface area contributed by atoms with Gasteiger partial charge in [-0.05, 0) is 36.4 Å². The van der Waals surface area contributed by atoms with Crippen LogP contribution in [0.1, 0.15) is 10.4 Å². The van der Waals surface area contributed by atoms with E-state index >= 15 is 0 Å². The number of halogens is 2. The van der Waals surface area contributed by atoms with Gasteiger partial charge in [-0.2, -0.15) is 0 Å². The Morgan fingerprint density at radius 3 is 2.44 bits per heavy atom. The van der Waals surface area contributed by atoms with E-state index in [0.717, 1.165) is 10.5 Å². The highest BCUT2D eigenvalue weighted by Crippen LogP contribution is 2.26. The van der Waals surface area contributed by atoms with Gasteiger partial charge in [0.05, 0.1) is 0 Å². The Kier molecular flexibility index (Phi) is 3.62. The first-order valence-electron chi connectivity index (χ1n) is 5.12. The van der Waals surface area contributed by atoms with Crippen LogP contribution in [0, 0.1) is 5.82 Å². The molecule has 5 heteroatoms. The number of anilines is 1. The van der Waals surface area contributed by atoms with Crippen molar-refractivity contribution in [3.8, 4) is 5.75 Å². The summed E-state index contributed by atoms with van der Waals surface area (Å²) in [5, 5.41) is 11.8. The third-order valence-corrected chi connectivity index (χ3v) is 2.87. The number of carbonyl (C=O) groups excluding carboxylic acids is 1. The van der Waals surface area contributed by atoms with Crippen LogP contribution in [-0.2, 0) is 0 Å². The molecule has 0 radical (unpaired) electrons. The molecule has 18 heavy (non-hydrogen) atoms. The minimum atomic E-state index is -0.680. The van der Waals surface area contributed by atoms with E-state index in [4.69, 9.17) is 0 Å². The zero-order valence-electron chi connectivity index (χ0n) is 9.15. The fourth-order valence-corrected chi connectivity index (χ4v) is 1.69. The van der Waals surface area contributed by atoms with Gasteiger partial charge in [0.15, 0.2) is 5.82 Å². The number of amides is 1. The lowest BCUT2D eigenvalue weighted by atomic mass is 10.2. The molecule has 0 saturated heterocycles. The summed E-state index contributed by atoms with van der Waals surface area (Å²) in [6.07, 6.45) is 0. The maximum atomic E-state index is 13.4. The van der Waals surface area contributed by atoms with Crippen molar-refractivity contribution >= 4 is 27.5 Å². The Labute approximate surface area is 111 Å². The second-order valence-corrected chi connectivity index (χ2v) is 4.51. The van der Waals surface area contributed by atoms with Crippen molar-refractivity contribution in [2.45, 2.75) is 0 Å². The lowest BCUT2D eigenvalue weighted by molar-refractivity contribution is 0.102. The fourth-order valence-electron chi connectivity index (χ4n) is 1.42. The molecule has 3 nitrogen and oxygen atoms in total. The van der Waals surface area contributed by atoms with E-state index in [-0.39, 0.29) is 11.4 Å². The lowest BCUT2D eigenvalue weighted by Crippen LogP contribution is -2.12. The standard InChI is InChI=1S/C13H9BrFNO2/c14-9-6-4-8(5-7-9)13(18)16-12-10(15)2-1-3-11(12)17/h1-7,17H,(H,16,18). The van der Waals surface area contributed by atoms with E-state index in [1.54, 1.807) is 24.3 Å². The van der Waals surface area contributed by atoms with Crippen LogP contribution in [0.25, 0.3) is 0 Å². The van der Waals surface area contributed by atoms with Crippen LogP contribution >= 0.6 is 15.9 Å². The van der Waals surface area contributed by atoms with E-state index in [9.17, 15) is 14.3 Å². The van der Waals surface area contributed by atoms with Gasteiger partial charge in [0.1, 0.15) is 11.4 Å². The summed E-state index contributed by atoms with van der Waals surface area (Å²) in [6, 6.07) is 10.4. The molecule has 1 amide bonds. The normalized spacial score (nSPS) is 10.1. The zero-order chi connectivity index (χ0) is 13.1. The minimum Gasteiger partial charge on any atom is -0.506 e. The van der Waals surface area contributed by atoms with Crippen LogP contribution in [0.4, 0.5) is 10.1 Å². The average molecular weight is 310 g/mol. The summed E-state index contributed by atoms with van der Waals surface area (Å²) in [5.41, 5.74) is 0.159. The predicted molar refractivity (Wildman–Crippen MR) is 70.2 cm³/mol. The van der Waals surface area contributed by atoms with Crippen LogP contribution in [0.2, 0.25) is 0 Å². The molecule has 0 aliphatic heterocycles. The average Bonchev–Trinajstić information content (AvgIpc) is 2.34. The van der Waals surface area contributed by atoms with Gasteiger partial charge in [0.25, 0.3) is 5.91 Å². The second kappa shape index (κ2) is 5.18. The topological polar surface area (TPSA) is 49.3 Å². The number of benzene rings is 2. The molecule has 0 aromatic heterocycles. The molecule has 0 aliphatic rings. The van der Waals surface area contributed by atoms with Gasteiger partial charge in [-0.15, -0.1) is 0 Å². The number of aromatic hydroxyl groups is 1. The molecule has 2 aromatic carbocycles. The maximum absolute atomic E-state index is 13.4. The molecular weight excluding hydrogens is 301 g/mol. The third-order valence-electron chi connectivity index (χ3n) is 2.34. The second-order valence-electron chi connectivity index (χ2n) is 3.59. The van der Waals surface area contributed by atoms with Crippen LogP contribution in [0.5, 0.6) is 5.75 Å². The molecule has 0 heterocycles. The van der Waals surface area contributed by atoms with Gasteiger partial charge < -0.3 is 10.4 Å². The Morgan fingerprint density at radius 2 is 1.83 bits per heavy atom. The zero-order valence-corrected chi connectivity index (χ0v) is 10.7. The number of phenols is 1. The molecule has 2 aromatic rings. The van der Waals surface area contributed by atoms with Gasteiger partial charge in [-0.25, -0.2) is 4.39 Å². The van der Waals surface area contributed by atoms with Gasteiger partial charge >= 0.3 is 0 Å². The van der Waals surface area contributed by atoms with Crippen molar-refractivity contribution < 1.29 is 14.3 Å². The highest BCUT2D eigenvalue weighted by Gasteiger charge is 2.12. The number of nitrogens with one attached hydrogen (secondary N) is 1. The fraction of sp³-hybridized carbons (Fsp3) is 0. The largest absolute Gasteiger partial charge is 0.506 e. The van der Waals surface area contributed by atoms with E-state index in [0.29, 0.717) is 5.56 Å². The molecular formula is C13H9BrFNO2. The van der Waals surface area contributed by atoms with Crippen molar-refractivity contribution in [1.29, 1.82) is 0 Å². The molecule has 0 bridgehead atoms. The van der Waals surface area contributed by atoms with Gasteiger partial charge in [-0.3, -0.25) is 4.79 Å². The Morgan fingerprint density at radius 1 is 1.17 bits per heavy atom. The van der Waals surface area contributed by atoms with Gasteiger partial charge in [-0.1, -0.05) is 22.0 Å². The first-order valence-corrected chi connectivity index (χ1v) is 5.91. The Hall–Kier alpha value is -1.88. The smallest absolute Gasteiger partial charge is 0.255 e. The molecule has 0 aliphatic carbocycles. The molecule has 0 saturated carbocycles.